The summed E-state index contributed by atoms with van der Waals surface area (Å²) in [5.74, 6) is 0. The molecule has 0 heterocycles. The summed E-state index contributed by atoms with van der Waals surface area (Å²) in [5.41, 5.74) is 6.07. The molecule has 0 aromatic rings. The zero-order valence-corrected chi connectivity index (χ0v) is 10.5. The normalized spacial score (nSPS) is 16.7. The third-order valence-electron chi connectivity index (χ3n) is 2.52. The van der Waals surface area contributed by atoms with Crippen LogP contribution in [0.4, 0.5) is 0 Å². The summed E-state index contributed by atoms with van der Waals surface area (Å²) in [5, 5.41) is 0. The summed E-state index contributed by atoms with van der Waals surface area (Å²) in [6, 6.07) is 0. The molecule has 0 radical (unpaired) electrons. The fraction of sp³-hybridized carbons (Fsp3) is 1.00. The van der Waals surface area contributed by atoms with E-state index in [2.05, 4.69) is 34.6 Å². The highest BCUT2D eigenvalue weighted by Crippen LogP contribution is 2.36. The van der Waals surface area contributed by atoms with Crippen molar-refractivity contribution in [1.29, 1.82) is 0 Å². The molecule has 2 heteroatoms. The number of ether oxygens (including phenoxy) is 1. The van der Waals surface area contributed by atoms with E-state index in [0.29, 0.717) is 24.0 Å². The van der Waals surface area contributed by atoms with Crippen LogP contribution in [0.2, 0.25) is 0 Å². The molecule has 0 aliphatic carbocycles. The number of hydrogen-bond acceptors (Lipinski definition) is 2. The van der Waals surface area contributed by atoms with E-state index in [4.69, 9.17) is 10.5 Å². The SMILES string of the molecule is CCC(C)(COCCN)CC(C)(C)C. The smallest absolute Gasteiger partial charge is 0.0588 e. The van der Waals surface area contributed by atoms with Gasteiger partial charge in [-0.1, -0.05) is 34.6 Å². The van der Waals surface area contributed by atoms with E-state index in [-0.39, 0.29) is 0 Å². The van der Waals surface area contributed by atoms with Gasteiger partial charge in [-0.25, -0.2) is 0 Å². The maximum absolute atomic E-state index is 5.56. The van der Waals surface area contributed by atoms with Crippen LogP contribution in [0.5, 0.6) is 0 Å². The van der Waals surface area contributed by atoms with Crippen molar-refractivity contribution in [2.75, 3.05) is 19.8 Å². The van der Waals surface area contributed by atoms with Gasteiger partial charge in [0, 0.05) is 6.54 Å². The molecule has 86 valence electrons. The molecule has 0 bridgehead atoms. The summed E-state index contributed by atoms with van der Waals surface area (Å²) >= 11 is 0. The van der Waals surface area contributed by atoms with Crippen LogP contribution in [-0.4, -0.2) is 19.8 Å². The number of hydrogen-bond donors (Lipinski definition) is 1. The molecule has 0 saturated carbocycles. The number of nitrogens with two attached hydrogens (primary N) is 1. The molecule has 0 rings (SSSR count). The van der Waals surface area contributed by atoms with Gasteiger partial charge in [0.25, 0.3) is 0 Å². The molecule has 1 atom stereocenters. The first kappa shape index (κ1) is 13.9. The summed E-state index contributed by atoms with van der Waals surface area (Å²) in [6.07, 6.45) is 2.36. The second-order valence-electron chi connectivity index (χ2n) is 5.74. The van der Waals surface area contributed by atoms with E-state index < -0.39 is 0 Å². The standard InChI is InChI=1S/C12H27NO/c1-6-12(5,9-11(2,3)4)10-14-8-7-13/h6-10,13H2,1-5H3. The van der Waals surface area contributed by atoms with Crippen LogP contribution >= 0.6 is 0 Å². The van der Waals surface area contributed by atoms with Crippen LogP contribution in [0.3, 0.4) is 0 Å². The molecular weight excluding hydrogens is 174 g/mol. The first-order valence-corrected chi connectivity index (χ1v) is 5.61. The molecule has 0 aromatic heterocycles. The lowest BCUT2D eigenvalue weighted by atomic mass is 9.74. The van der Waals surface area contributed by atoms with Gasteiger partial charge in [0.2, 0.25) is 0 Å². The third-order valence-corrected chi connectivity index (χ3v) is 2.52. The predicted octanol–water partition coefficient (Wildman–Crippen LogP) is 2.81. The van der Waals surface area contributed by atoms with Crippen LogP contribution < -0.4 is 5.73 Å². The zero-order chi connectivity index (χ0) is 11.2. The largest absolute Gasteiger partial charge is 0.380 e. The maximum atomic E-state index is 5.56. The highest BCUT2D eigenvalue weighted by Gasteiger charge is 2.28. The minimum Gasteiger partial charge on any atom is -0.380 e. The Labute approximate surface area is 89.2 Å². The lowest BCUT2D eigenvalue weighted by Crippen LogP contribution is -2.29. The first-order chi connectivity index (χ1) is 6.33. The molecule has 0 aliphatic rings. The fourth-order valence-electron chi connectivity index (χ4n) is 1.96. The van der Waals surface area contributed by atoms with E-state index in [1.807, 2.05) is 0 Å². The summed E-state index contributed by atoms with van der Waals surface area (Å²) < 4.78 is 5.56. The lowest BCUT2D eigenvalue weighted by Gasteiger charge is -2.34. The molecule has 0 fully saturated rings. The van der Waals surface area contributed by atoms with Gasteiger partial charge in [-0.15, -0.1) is 0 Å². The van der Waals surface area contributed by atoms with Crippen molar-refractivity contribution in [3.05, 3.63) is 0 Å². The molecule has 0 spiro atoms. The highest BCUT2D eigenvalue weighted by atomic mass is 16.5. The minimum atomic E-state index is 0.299. The zero-order valence-electron chi connectivity index (χ0n) is 10.5. The maximum Gasteiger partial charge on any atom is 0.0588 e. The fourth-order valence-corrected chi connectivity index (χ4v) is 1.96. The van der Waals surface area contributed by atoms with Gasteiger partial charge in [0.05, 0.1) is 13.2 Å². The summed E-state index contributed by atoms with van der Waals surface area (Å²) in [6.45, 7) is 13.5. The first-order valence-electron chi connectivity index (χ1n) is 5.61. The second kappa shape index (κ2) is 5.72. The van der Waals surface area contributed by atoms with Gasteiger partial charge >= 0.3 is 0 Å². The van der Waals surface area contributed by atoms with Crippen molar-refractivity contribution in [2.24, 2.45) is 16.6 Å². The highest BCUT2D eigenvalue weighted by molar-refractivity contribution is 4.78. The van der Waals surface area contributed by atoms with Gasteiger partial charge in [-0.05, 0) is 23.7 Å². The van der Waals surface area contributed by atoms with Crippen molar-refractivity contribution in [1.82, 2.24) is 0 Å². The molecule has 0 amide bonds. The van der Waals surface area contributed by atoms with E-state index in [1.165, 1.54) is 6.42 Å². The van der Waals surface area contributed by atoms with Gasteiger partial charge in [0.15, 0.2) is 0 Å². The molecule has 2 N–H and O–H groups in total. The van der Waals surface area contributed by atoms with E-state index in [9.17, 15) is 0 Å². The Bertz CT molecular complexity index is 151. The van der Waals surface area contributed by atoms with Crippen LogP contribution in [0.15, 0.2) is 0 Å². The Morgan fingerprint density at radius 1 is 1.14 bits per heavy atom. The van der Waals surface area contributed by atoms with Crippen molar-refractivity contribution in [3.63, 3.8) is 0 Å². The molecular formula is C12H27NO. The van der Waals surface area contributed by atoms with Crippen LogP contribution in [0, 0.1) is 10.8 Å². The Morgan fingerprint density at radius 3 is 2.07 bits per heavy atom. The van der Waals surface area contributed by atoms with Gasteiger partial charge < -0.3 is 10.5 Å². The molecule has 0 saturated heterocycles. The lowest BCUT2D eigenvalue weighted by molar-refractivity contribution is 0.0302. The molecule has 0 aliphatic heterocycles. The van der Waals surface area contributed by atoms with Crippen LogP contribution in [0.1, 0.15) is 47.5 Å². The topological polar surface area (TPSA) is 35.2 Å². The predicted molar refractivity (Wildman–Crippen MR) is 62.3 cm³/mol. The molecule has 0 aromatic carbocycles. The Morgan fingerprint density at radius 2 is 1.71 bits per heavy atom. The molecule has 2 nitrogen and oxygen atoms in total. The second-order valence-corrected chi connectivity index (χ2v) is 5.74. The third kappa shape index (κ3) is 6.39. The average molecular weight is 201 g/mol. The number of rotatable bonds is 6. The Hall–Kier alpha value is -0.0800. The summed E-state index contributed by atoms with van der Waals surface area (Å²) in [7, 11) is 0. The van der Waals surface area contributed by atoms with Crippen molar-refractivity contribution in [3.8, 4) is 0 Å². The summed E-state index contributed by atoms with van der Waals surface area (Å²) in [4.78, 5) is 0. The Kier molecular flexibility index (Phi) is 5.68. The monoisotopic (exact) mass is 201 g/mol. The van der Waals surface area contributed by atoms with Gasteiger partial charge in [0.1, 0.15) is 0 Å². The van der Waals surface area contributed by atoms with Crippen molar-refractivity contribution < 1.29 is 4.74 Å². The minimum absolute atomic E-state index is 0.299. The van der Waals surface area contributed by atoms with E-state index >= 15 is 0 Å². The van der Waals surface area contributed by atoms with Crippen LogP contribution in [-0.2, 0) is 4.74 Å². The van der Waals surface area contributed by atoms with Crippen molar-refractivity contribution >= 4 is 0 Å². The van der Waals surface area contributed by atoms with Gasteiger partial charge in [-0.2, -0.15) is 0 Å². The Balaban J connectivity index is 4.04. The quantitative estimate of drug-likeness (QED) is 0.671. The van der Waals surface area contributed by atoms with Crippen LogP contribution in [0.25, 0.3) is 0 Å². The van der Waals surface area contributed by atoms with Gasteiger partial charge in [-0.3, -0.25) is 0 Å². The van der Waals surface area contributed by atoms with E-state index in [0.717, 1.165) is 13.0 Å². The van der Waals surface area contributed by atoms with E-state index in [1.54, 1.807) is 0 Å². The average Bonchev–Trinajstić information content (AvgIpc) is 2.02. The molecule has 1 unspecified atom stereocenters. The van der Waals surface area contributed by atoms with Crippen molar-refractivity contribution in [2.45, 2.75) is 47.5 Å². The molecule has 14 heavy (non-hydrogen) atoms.